The topological polar surface area (TPSA) is 78.3 Å². The second-order valence-corrected chi connectivity index (χ2v) is 6.59. The van der Waals surface area contributed by atoms with Crippen LogP contribution in [0.15, 0.2) is 35.7 Å². The molecule has 3 rings (SSSR count). The van der Waals surface area contributed by atoms with Gasteiger partial charge in [0.1, 0.15) is 24.4 Å². The first-order chi connectivity index (χ1) is 12.3. The van der Waals surface area contributed by atoms with Crippen molar-refractivity contribution in [1.82, 2.24) is 20.1 Å². The second-order valence-electron chi connectivity index (χ2n) is 5.64. The van der Waals surface area contributed by atoms with E-state index in [0.29, 0.717) is 31.6 Å². The van der Waals surface area contributed by atoms with E-state index < -0.39 is 0 Å². The number of rotatable bonds is 10. The summed E-state index contributed by atoms with van der Waals surface area (Å²) in [6.45, 7) is 3.47. The Morgan fingerprint density at radius 3 is 2.68 bits per heavy atom. The van der Waals surface area contributed by atoms with Crippen molar-refractivity contribution in [2.24, 2.45) is 0 Å². The van der Waals surface area contributed by atoms with E-state index in [1.807, 2.05) is 35.8 Å². The molecule has 8 heteroatoms. The third-order valence-electron chi connectivity index (χ3n) is 3.64. The Kier molecular flexibility index (Phi) is 6.16. The molecule has 1 heterocycles. The number of amides is 1. The molecule has 0 aliphatic heterocycles. The van der Waals surface area contributed by atoms with Crippen LogP contribution in [0.3, 0.4) is 0 Å². The lowest BCUT2D eigenvalue weighted by atomic mass is 10.3. The van der Waals surface area contributed by atoms with Crippen LogP contribution in [0.1, 0.15) is 25.8 Å². The third-order valence-corrected chi connectivity index (χ3v) is 4.60. The number of benzene rings is 1. The van der Waals surface area contributed by atoms with E-state index in [2.05, 4.69) is 15.5 Å². The molecule has 1 fully saturated rings. The standard InChI is InChI=1S/C17H22N4O3S/c1-2-23-14-5-7-15(8-6-14)24-10-9-18-16(22)11-25-17-20-19-12-21(17)13-3-4-13/h5-8,12-13H,2-4,9-11H2,1H3,(H,18,22). The van der Waals surface area contributed by atoms with Crippen molar-refractivity contribution in [3.05, 3.63) is 30.6 Å². The van der Waals surface area contributed by atoms with Gasteiger partial charge in [0.25, 0.3) is 0 Å². The van der Waals surface area contributed by atoms with E-state index in [1.165, 1.54) is 24.6 Å². The summed E-state index contributed by atoms with van der Waals surface area (Å²) in [5, 5.41) is 11.6. The van der Waals surface area contributed by atoms with Gasteiger partial charge < -0.3 is 19.4 Å². The van der Waals surface area contributed by atoms with Gasteiger partial charge in [0, 0.05) is 6.04 Å². The third kappa shape index (κ3) is 5.38. The Hall–Kier alpha value is -2.22. The van der Waals surface area contributed by atoms with Crippen LogP contribution >= 0.6 is 11.8 Å². The number of hydrogen-bond acceptors (Lipinski definition) is 6. The predicted molar refractivity (Wildman–Crippen MR) is 95.1 cm³/mol. The highest BCUT2D eigenvalue weighted by atomic mass is 32.2. The van der Waals surface area contributed by atoms with Gasteiger partial charge in [-0.1, -0.05) is 11.8 Å². The first-order valence-corrected chi connectivity index (χ1v) is 9.39. The maximum atomic E-state index is 11.9. The molecule has 7 nitrogen and oxygen atoms in total. The van der Waals surface area contributed by atoms with Crippen molar-refractivity contribution < 1.29 is 14.3 Å². The van der Waals surface area contributed by atoms with Gasteiger partial charge in [-0.3, -0.25) is 4.79 Å². The van der Waals surface area contributed by atoms with Gasteiger partial charge in [-0.25, -0.2) is 0 Å². The Labute approximate surface area is 151 Å². The number of carbonyl (C=O) groups excluding carboxylic acids is 1. The fourth-order valence-corrected chi connectivity index (χ4v) is 3.09. The molecule has 2 aromatic rings. The Morgan fingerprint density at radius 2 is 2.00 bits per heavy atom. The number of aromatic nitrogens is 3. The van der Waals surface area contributed by atoms with Crippen LogP contribution in [0.5, 0.6) is 11.5 Å². The minimum atomic E-state index is -0.0364. The van der Waals surface area contributed by atoms with E-state index in [9.17, 15) is 4.79 Å². The van der Waals surface area contributed by atoms with Crippen molar-refractivity contribution in [1.29, 1.82) is 0 Å². The summed E-state index contributed by atoms with van der Waals surface area (Å²) in [6.07, 6.45) is 4.07. The van der Waals surface area contributed by atoms with Gasteiger partial charge in [0.15, 0.2) is 5.16 Å². The fourth-order valence-electron chi connectivity index (χ4n) is 2.28. The number of nitrogens with one attached hydrogen (secondary N) is 1. The largest absolute Gasteiger partial charge is 0.494 e. The van der Waals surface area contributed by atoms with Crippen molar-refractivity contribution in [2.75, 3.05) is 25.5 Å². The molecule has 1 amide bonds. The summed E-state index contributed by atoms with van der Waals surface area (Å²) < 4.78 is 13.0. The zero-order valence-corrected chi connectivity index (χ0v) is 15.0. The molecular weight excluding hydrogens is 340 g/mol. The van der Waals surface area contributed by atoms with Gasteiger partial charge >= 0.3 is 0 Å². The summed E-state index contributed by atoms with van der Waals surface area (Å²) in [4.78, 5) is 11.9. The van der Waals surface area contributed by atoms with E-state index in [-0.39, 0.29) is 5.91 Å². The van der Waals surface area contributed by atoms with Crippen LogP contribution in [0.4, 0.5) is 0 Å². The van der Waals surface area contributed by atoms with Crippen LogP contribution in [0.25, 0.3) is 0 Å². The average Bonchev–Trinajstić information content (AvgIpc) is 3.36. The first kappa shape index (κ1) is 17.6. The van der Waals surface area contributed by atoms with Gasteiger partial charge in [-0.05, 0) is 44.0 Å². The minimum Gasteiger partial charge on any atom is -0.494 e. The quantitative estimate of drug-likeness (QED) is 0.516. The van der Waals surface area contributed by atoms with Gasteiger partial charge in [-0.2, -0.15) is 0 Å². The molecule has 1 aromatic heterocycles. The lowest BCUT2D eigenvalue weighted by molar-refractivity contribution is -0.118. The second kappa shape index (κ2) is 8.75. The zero-order chi connectivity index (χ0) is 17.5. The lowest BCUT2D eigenvalue weighted by Gasteiger charge is -2.09. The number of nitrogens with zero attached hydrogens (tertiary/aromatic N) is 3. The number of carbonyl (C=O) groups is 1. The maximum Gasteiger partial charge on any atom is 0.230 e. The molecular formula is C17H22N4O3S. The Bertz CT molecular complexity index is 685. The lowest BCUT2D eigenvalue weighted by Crippen LogP contribution is -2.29. The zero-order valence-electron chi connectivity index (χ0n) is 14.2. The summed E-state index contributed by atoms with van der Waals surface area (Å²) in [5.41, 5.74) is 0. The SMILES string of the molecule is CCOc1ccc(OCCNC(=O)CSc2nncn2C2CC2)cc1. The highest BCUT2D eigenvalue weighted by Crippen LogP contribution is 2.37. The molecule has 1 aromatic carbocycles. The summed E-state index contributed by atoms with van der Waals surface area (Å²) >= 11 is 1.41. The summed E-state index contributed by atoms with van der Waals surface area (Å²) in [7, 11) is 0. The maximum absolute atomic E-state index is 11.9. The molecule has 0 spiro atoms. The fraction of sp³-hybridized carbons (Fsp3) is 0.471. The number of thioether (sulfide) groups is 1. The molecule has 0 radical (unpaired) electrons. The van der Waals surface area contributed by atoms with E-state index in [0.717, 1.165) is 16.7 Å². The molecule has 1 N–H and O–H groups in total. The van der Waals surface area contributed by atoms with Crippen LogP contribution in [0.2, 0.25) is 0 Å². The molecule has 134 valence electrons. The van der Waals surface area contributed by atoms with E-state index in [1.54, 1.807) is 6.33 Å². The van der Waals surface area contributed by atoms with Crippen molar-refractivity contribution in [2.45, 2.75) is 31.0 Å². The van der Waals surface area contributed by atoms with Crippen LogP contribution < -0.4 is 14.8 Å². The van der Waals surface area contributed by atoms with E-state index in [4.69, 9.17) is 9.47 Å². The van der Waals surface area contributed by atoms with Crippen LogP contribution in [-0.2, 0) is 4.79 Å². The smallest absolute Gasteiger partial charge is 0.230 e. The van der Waals surface area contributed by atoms with Crippen molar-refractivity contribution in [3.63, 3.8) is 0 Å². The molecule has 25 heavy (non-hydrogen) atoms. The minimum absolute atomic E-state index is 0.0364. The van der Waals surface area contributed by atoms with Gasteiger partial charge in [0.2, 0.25) is 5.91 Å². The highest BCUT2D eigenvalue weighted by molar-refractivity contribution is 7.99. The van der Waals surface area contributed by atoms with Gasteiger partial charge in [0.05, 0.1) is 18.9 Å². The molecule has 1 saturated carbocycles. The van der Waals surface area contributed by atoms with Gasteiger partial charge in [-0.15, -0.1) is 10.2 Å². The monoisotopic (exact) mass is 362 g/mol. The van der Waals surface area contributed by atoms with E-state index >= 15 is 0 Å². The number of ether oxygens (including phenoxy) is 2. The molecule has 0 unspecified atom stereocenters. The van der Waals surface area contributed by atoms with Crippen molar-refractivity contribution >= 4 is 17.7 Å². The summed E-state index contributed by atoms with van der Waals surface area (Å²) in [6, 6.07) is 7.96. The molecule has 1 aliphatic rings. The average molecular weight is 362 g/mol. The molecule has 0 bridgehead atoms. The normalized spacial score (nSPS) is 13.5. The van der Waals surface area contributed by atoms with Crippen LogP contribution in [-0.4, -0.2) is 46.2 Å². The first-order valence-electron chi connectivity index (χ1n) is 8.41. The Balaban J connectivity index is 1.31. The number of hydrogen-bond donors (Lipinski definition) is 1. The molecule has 0 atom stereocenters. The molecule has 1 aliphatic carbocycles. The van der Waals surface area contributed by atoms with Crippen molar-refractivity contribution in [3.8, 4) is 11.5 Å². The Morgan fingerprint density at radius 1 is 1.28 bits per heavy atom. The summed E-state index contributed by atoms with van der Waals surface area (Å²) in [5.74, 6) is 1.86. The highest BCUT2D eigenvalue weighted by Gasteiger charge is 2.26. The van der Waals surface area contributed by atoms with Crippen LogP contribution in [0, 0.1) is 0 Å². The molecule has 0 saturated heterocycles. The predicted octanol–water partition coefficient (Wildman–Crippen LogP) is 2.30.